The molecule has 2 atom stereocenters. The number of ether oxygens (including phenoxy) is 1. The summed E-state index contributed by atoms with van der Waals surface area (Å²) < 4.78 is 5.39. The lowest BCUT2D eigenvalue weighted by Gasteiger charge is -2.28. The molecule has 1 amide bonds. The van der Waals surface area contributed by atoms with Crippen LogP contribution in [0.5, 0.6) is 0 Å². The molecular weight excluding hydrogens is 394 g/mol. The van der Waals surface area contributed by atoms with Gasteiger partial charge in [-0.1, -0.05) is 60.1 Å². The van der Waals surface area contributed by atoms with Crippen LogP contribution in [0.15, 0.2) is 60.7 Å². The smallest absolute Gasteiger partial charge is 0.330 e. The van der Waals surface area contributed by atoms with Crippen LogP contribution in [0.25, 0.3) is 6.08 Å². The Labute approximate surface area is 174 Å². The molecule has 6 heteroatoms. The van der Waals surface area contributed by atoms with Crippen LogP contribution in [0.3, 0.4) is 0 Å². The third-order valence-electron chi connectivity index (χ3n) is 4.27. The Balaban J connectivity index is 1.90. The Kier molecular flexibility index (Phi) is 6.81. The van der Waals surface area contributed by atoms with E-state index in [9.17, 15) is 9.59 Å². The molecule has 0 radical (unpaired) electrons. The molecule has 146 valence electrons. The maximum atomic E-state index is 13.1. The predicted octanol–water partition coefficient (Wildman–Crippen LogP) is 4.95. The van der Waals surface area contributed by atoms with Gasteiger partial charge in [0.05, 0.1) is 6.10 Å². The van der Waals surface area contributed by atoms with Crippen molar-refractivity contribution in [3.05, 3.63) is 76.8 Å². The highest BCUT2D eigenvalue weighted by molar-refractivity contribution is 7.99. The molecule has 0 aliphatic carbocycles. The number of thioether (sulfide) groups is 1. The van der Waals surface area contributed by atoms with Gasteiger partial charge in [0.25, 0.3) is 0 Å². The minimum Gasteiger partial charge on any atom is -0.461 e. The molecule has 4 nitrogen and oxygen atoms in total. The number of carbonyl (C=O) groups is 2. The quantitative estimate of drug-likeness (QED) is 0.512. The maximum Gasteiger partial charge on any atom is 0.330 e. The van der Waals surface area contributed by atoms with E-state index in [1.807, 2.05) is 48.5 Å². The lowest BCUT2D eigenvalue weighted by molar-refractivity contribution is -0.156. The fourth-order valence-corrected chi connectivity index (χ4v) is 4.76. The lowest BCUT2D eigenvalue weighted by atomic mass is 10.1. The molecule has 1 aliphatic rings. The monoisotopic (exact) mass is 415 g/mol. The first-order valence-electron chi connectivity index (χ1n) is 9.09. The highest BCUT2D eigenvalue weighted by Gasteiger charge is 2.43. The summed E-state index contributed by atoms with van der Waals surface area (Å²) >= 11 is 7.89. The number of carbonyl (C=O) groups excluding carboxylic acids is 2. The van der Waals surface area contributed by atoms with E-state index >= 15 is 0 Å². The van der Waals surface area contributed by atoms with Gasteiger partial charge < -0.3 is 9.64 Å². The molecule has 1 aliphatic heterocycles. The van der Waals surface area contributed by atoms with E-state index in [0.717, 1.165) is 11.1 Å². The molecule has 1 heterocycles. The van der Waals surface area contributed by atoms with Gasteiger partial charge in [0.1, 0.15) is 11.4 Å². The number of benzene rings is 2. The van der Waals surface area contributed by atoms with Crippen LogP contribution in [0.1, 0.15) is 30.3 Å². The zero-order valence-corrected chi connectivity index (χ0v) is 17.3. The van der Waals surface area contributed by atoms with Gasteiger partial charge in [0.15, 0.2) is 0 Å². The van der Waals surface area contributed by atoms with E-state index in [1.54, 1.807) is 30.9 Å². The van der Waals surface area contributed by atoms with E-state index in [1.165, 1.54) is 17.8 Å². The molecule has 1 saturated heterocycles. The van der Waals surface area contributed by atoms with Crippen molar-refractivity contribution in [3.8, 4) is 0 Å². The minimum absolute atomic E-state index is 0.242. The van der Waals surface area contributed by atoms with Gasteiger partial charge in [-0.15, -0.1) is 11.8 Å². The Morgan fingerprint density at radius 3 is 2.50 bits per heavy atom. The lowest BCUT2D eigenvalue weighted by Crippen LogP contribution is -2.43. The molecule has 0 N–H and O–H groups in total. The number of nitrogens with zero attached hydrogens (tertiary/aromatic N) is 1. The summed E-state index contributed by atoms with van der Waals surface area (Å²) in [5, 5.41) is 0.231. The van der Waals surface area contributed by atoms with Crippen LogP contribution in [0, 0.1) is 0 Å². The SMILES string of the molecule is CC(C)OC(=O)C1CSC(c2ccccc2Cl)N1C(=O)/C=C/c1ccccc1. The summed E-state index contributed by atoms with van der Waals surface area (Å²) in [6.45, 7) is 3.60. The second-order valence-corrected chi connectivity index (χ2v) is 8.22. The number of amides is 1. The van der Waals surface area contributed by atoms with Crippen LogP contribution >= 0.6 is 23.4 Å². The van der Waals surface area contributed by atoms with Crippen molar-refractivity contribution in [1.82, 2.24) is 4.90 Å². The summed E-state index contributed by atoms with van der Waals surface area (Å²) in [5.74, 6) is -0.171. The molecule has 0 aromatic heterocycles. The standard InChI is InChI=1S/C22H22ClNO3S/c1-15(2)27-22(26)19-14-28-21(17-10-6-7-11-18(17)23)24(19)20(25)13-12-16-8-4-3-5-9-16/h3-13,15,19,21H,14H2,1-2H3/b13-12+. The molecular formula is C22H22ClNO3S. The average molecular weight is 416 g/mol. The van der Waals surface area contributed by atoms with Gasteiger partial charge in [0.2, 0.25) is 5.91 Å². The van der Waals surface area contributed by atoms with Gasteiger partial charge in [0, 0.05) is 22.4 Å². The summed E-state index contributed by atoms with van der Waals surface area (Å²) in [6.07, 6.45) is 3.01. The van der Waals surface area contributed by atoms with Gasteiger partial charge >= 0.3 is 5.97 Å². The van der Waals surface area contributed by atoms with Crippen LogP contribution in [-0.2, 0) is 14.3 Å². The summed E-state index contributed by atoms with van der Waals surface area (Å²) in [4.78, 5) is 27.3. The molecule has 2 aromatic rings. The van der Waals surface area contributed by atoms with E-state index in [-0.39, 0.29) is 17.4 Å². The van der Waals surface area contributed by atoms with E-state index in [0.29, 0.717) is 10.8 Å². The topological polar surface area (TPSA) is 46.6 Å². The van der Waals surface area contributed by atoms with E-state index in [4.69, 9.17) is 16.3 Å². The summed E-state index contributed by atoms with van der Waals surface area (Å²) in [6, 6.07) is 16.3. The summed E-state index contributed by atoms with van der Waals surface area (Å²) in [5.41, 5.74) is 1.73. The Morgan fingerprint density at radius 1 is 1.14 bits per heavy atom. The normalized spacial score (nSPS) is 19.4. The van der Waals surface area contributed by atoms with Crippen molar-refractivity contribution in [2.24, 2.45) is 0 Å². The molecule has 3 rings (SSSR count). The fourth-order valence-electron chi connectivity index (χ4n) is 3.00. The van der Waals surface area contributed by atoms with E-state index < -0.39 is 12.0 Å². The van der Waals surface area contributed by atoms with Gasteiger partial charge in [-0.25, -0.2) is 4.79 Å². The third kappa shape index (κ3) is 4.78. The van der Waals surface area contributed by atoms with Gasteiger partial charge in [-0.2, -0.15) is 0 Å². The molecule has 0 spiro atoms. The molecule has 2 aromatic carbocycles. The van der Waals surface area contributed by atoms with Crippen LogP contribution in [0.4, 0.5) is 0 Å². The van der Waals surface area contributed by atoms with Crippen LogP contribution in [0.2, 0.25) is 5.02 Å². The number of hydrogen-bond acceptors (Lipinski definition) is 4. The predicted molar refractivity (Wildman–Crippen MR) is 114 cm³/mol. The molecule has 2 unspecified atom stereocenters. The Hall–Kier alpha value is -2.24. The number of halogens is 1. The minimum atomic E-state index is -0.651. The zero-order chi connectivity index (χ0) is 20.1. The van der Waals surface area contributed by atoms with Crippen molar-refractivity contribution in [3.63, 3.8) is 0 Å². The first-order valence-corrected chi connectivity index (χ1v) is 10.5. The second kappa shape index (κ2) is 9.30. The van der Waals surface area contributed by atoms with Crippen molar-refractivity contribution in [2.45, 2.75) is 31.4 Å². The second-order valence-electron chi connectivity index (χ2n) is 6.70. The van der Waals surface area contributed by atoms with Gasteiger partial charge in [-0.3, -0.25) is 4.79 Å². The van der Waals surface area contributed by atoms with Crippen molar-refractivity contribution < 1.29 is 14.3 Å². The Morgan fingerprint density at radius 2 is 1.82 bits per heavy atom. The van der Waals surface area contributed by atoms with Crippen LogP contribution in [-0.4, -0.2) is 34.7 Å². The average Bonchev–Trinajstić information content (AvgIpc) is 3.12. The van der Waals surface area contributed by atoms with Crippen LogP contribution < -0.4 is 0 Å². The first-order chi connectivity index (χ1) is 13.5. The largest absolute Gasteiger partial charge is 0.461 e. The van der Waals surface area contributed by atoms with Crippen molar-refractivity contribution >= 4 is 41.3 Å². The molecule has 28 heavy (non-hydrogen) atoms. The maximum absolute atomic E-state index is 13.1. The van der Waals surface area contributed by atoms with Crippen molar-refractivity contribution in [1.29, 1.82) is 0 Å². The number of esters is 1. The third-order valence-corrected chi connectivity index (χ3v) is 5.92. The van der Waals surface area contributed by atoms with Gasteiger partial charge in [-0.05, 0) is 31.6 Å². The molecule has 0 saturated carbocycles. The highest BCUT2D eigenvalue weighted by Crippen LogP contribution is 2.44. The highest BCUT2D eigenvalue weighted by atomic mass is 35.5. The molecule has 0 bridgehead atoms. The van der Waals surface area contributed by atoms with Crippen molar-refractivity contribution in [2.75, 3.05) is 5.75 Å². The summed E-state index contributed by atoms with van der Waals surface area (Å²) in [7, 11) is 0. The molecule has 1 fully saturated rings. The number of rotatable bonds is 5. The first kappa shape index (κ1) is 20.5. The Bertz CT molecular complexity index is 869. The number of hydrogen-bond donors (Lipinski definition) is 0. The fraction of sp³-hybridized carbons (Fsp3) is 0.273. The zero-order valence-electron chi connectivity index (χ0n) is 15.7. The van der Waals surface area contributed by atoms with E-state index in [2.05, 4.69) is 0 Å².